The molecule has 4 rings (SSSR count). The number of rotatable bonds is 8. The van der Waals surface area contributed by atoms with Crippen molar-refractivity contribution in [3.8, 4) is 11.5 Å². The largest absolute Gasteiger partial charge is 0.497 e. The van der Waals surface area contributed by atoms with Crippen molar-refractivity contribution < 1.29 is 32.3 Å². The maximum absolute atomic E-state index is 13.9. The quantitative estimate of drug-likeness (QED) is 0.357. The van der Waals surface area contributed by atoms with E-state index in [1.165, 1.54) is 31.9 Å². The predicted molar refractivity (Wildman–Crippen MR) is 126 cm³/mol. The Morgan fingerprint density at radius 2 is 1.73 bits per heavy atom. The van der Waals surface area contributed by atoms with E-state index >= 15 is 0 Å². The van der Waals surface area contributed by atoms with Gasteiger partial charge in [-0.15, -0.1) is 0 Å². The zero-order valence-corrected chi connectivity index (χ0v) is 19.7. The highest BCUT2D eigenvalue weighted by Crippen LogP contribution is 2.39. The molecule has 1 aliphatic rings. The summed E-state index contributed by atoms with van der Waals surface area (Å²) in [5.74, 6) is -1.91. The first kappa shape index (κ1) is 25.7. The smallest absolute Gasteiger partial charge is 0.420 e. The van der Waals surface area contributed by atoms with Crippen LogP contribution in [0.2, 0.25) is 0 Å². The molecular formula is C26H23F3N4O4. The summed E-state index contributed by atoms with van der Waals surface area (Å²) in [4.78, 5) is 40.1. The molecule has 11 heteroatoms. The molecule has 0 fully saturated rings. The number of aromatic nitrogens is 2. The van der Waals surface area contributed by atoms with Crippen molar-refractivity contribution in [2.45, 2.75) is 31.1 Å². The van der Waals surface area contributed by atoms with E-state index in [0.29, 0.717) is 5.56 Å². The lowest BCUT2D eigenvalue weighted by Crippen LogP contribution is -2.59. The Morgan fingerprint density at radius 1 is 1.05 bits per heavy atom. The van der Waals surface area contributed by atoms with Crippen LogP contribution < -0.4 is 14.9 Å². The Morgan fingerprint density at radius 3 is 2.35 bits per heavy atom. The molecule has 37 heavy (non-hydrogen) atoms. The number of hydrogen-bond donors (Lipinski definition) is 1. The minimum Gasteiger partial charge on any atom is -0.497 e. The first-order chi connectivity index (χ1) is 17.7. The molecule has 0 unspecified atom stereocenters. The van der Waals surface area contributed by atoms with Crippen LogP contribution in [0.25, 0.3) is 0 Å². The van der Waals surface area contributed by atoms with Crippen LogP contribution in [0.3, 0.4) is 0 Å². The van der Waals surface area contributed by atoms with Crippen molar-refractivity contribution >= 4 is 11.8 Å². The van der Waals surface area contributed by atoms with E-state index in [4.69, 9.17) is 9.57 Å². The zero-order valence-electron chi connectivity index (χ0n) is 19.7. The molecule has 0 saturated carbocycles. The third kappa shape index (κ3) is 5.88. The monoisotopic (exact) mass is 512 g/mol. The van der Waals surface area contributed by atoms with E-state index in [9.17, 15) is 22.8 Å². The van der Waals surface area contributed by atoms with Crippen LogP contribution in [0.5, 0.6) is 11.5 Å². The molecule has 8 nitrogen and oxygen atoms in total. The van der Waals surface area contributed by atoms with E-state index in [1.54, 1.807) is 42.5 Å². The molecule has 0 saturated heterocycles. The number of nitrogens with zero attached hydrogens (tertiary/aromatic N) is 3. The average Bonchev–Trinajstić information content (AvgIpc) is 3.38. The van der Waals surface area contributed by atoms with Gasteiger partial charge in [0, 0.05) is 12.4 Å². The van der Waals surface area contributed by atoms with E-state index in [-0.39, 0.29) is 30.7 Å². The highest BCUT2D eigenvalue weighted by molar-refractivity contribution is 5.99. The van der Waals surface area contributed by atoms with E-state index in [0.717, 1.165) is 17.2 Å². The van der Waals surface area contributed by atoms with Crippen LogP contribution in [0.15, 0.2) is 79.4 Å². The highest BCUT2D eigenvalue weighted by Gasteiger charge is 2.45. The van der Waals surface area contributed by atoms with E-state index in [1.807, 2.05) is 0 Å². The second kappa shape index (κ2) is 10.7. The lowest BCUT2D eigenvalue weighted by molar-refractivity contribution is -0.170. The summed E-state index contributed by atoms with van der Waals surface area (Å²) < 4.78 is 46.5. The Labute approximate surface area is 210 Å². The third-order valence-corrected chi connectivity index (χ3v) is 5.78. The van der Waals surface area contributed by atoms with Gasteiger partial charge in [-0.1, -0.05) is 42.5 Å². The second-order valence-electron chi connectivity index (χ2n) is 8.32. The Hall–Kier alpha value is -4.41. The van der Waals surface area contributed by atoms with Crippen LogP contribution in [0, 0.1) is 0 Å². The number of hydroxylamine groups is 2. The topological polar surface area (TPSA) is 93.7 Å². The zero-order chi connectivity index (χ0) is 26.5. The number of amides is 2. The summed E-state index contributed by atoms with van der Waals surface area (Å²) in [6.07, 6.45) is 2.76. The maximum atomic E-state index is 13.9. The molecule has 1 aliphatic carbocycles. The third-order valence-electron chi connectivity index (χ3n) is 5.78. The van der Waals surface area contributed by atoms with Crippen LogP contribution >= 0.6 is 0 Å². The average molecular weight is 512 g/mol. The number of methoxy groups -OCH3 is 1. The van der Waals surface area contributed by atoms with E-state index < -0.39 is 34.8 Å². The summed E-state index contributed by atoms with van der Waals surface area (Å²) in [5.41, 5.74) is -1.85. The van der Waals surface area contributed by atoms with Gasteiger partial charge in [0.2, 0.25) is 0 Å². The van der Waals surface area contributed by atoms with Gasteiger partial charge in [0.25, 0.3) is 11.8 Å². The fourth-order valence-corrected chi connectivity index (χ4v) is 3.88. The number of benzene rings is 2. The molecule has 2 amide bonds. The molecule has 3 aromatic rings. The molecule has 1 aromatic heterocycles. The first-order valence-corrected chi connectivity index (χ1v) is 11.2. The fraction of sp³-hybridized carbons (Fsp3) is 0.231. The minimum absolute atomic E-state index is 0.0191. The normalized spacial score (nSPS) is 14.2. The van der Waals surface area contributed by atoms with Crippen LogP contribution in [0.1, 0.15) is 34.3 Å². The van der Waals surface area contributed by atoms with E-state index in [2.05, 4.69) is 15.3 Å². The Balaban J connectivity index is 1.70. The van der Waals surface area contributed by atoms with Gasteiger partial charge in [-0.3, -0.25) is 9.59 Å². The van der Waals surface area contributed by atoms with Crippen molar-refractivity contribution in [2.24, 2.45) is 0 Å². The number of nitrogens with one attached hydrogen (secondary N) is 1. The first-order valence-electron chi connectivity index (χ1n) is 11.2. The summed E-state index contributed by atoms with van der Waals surface area (Å²) in [7, 11) is 1.25. The predicted octanol–water partition coefficient (Wildman–Crippen LogP) is 4.35. The van der Waals surface area contributed by atoms with Gasteiger partial charge in [-0.25, -0.2) is 9.97 Å². The van der Waals surface area contributed by atoms with Gasteiger partial charge < -0.3 is 14.9 Å². The van der Waals surface area contributed by atoms with Gasteiger partial charge in [-0.2, -0.15) is 18.2 Å². The van der Waals surface area contributed by atoms with Crippen molar-refractivity contribution in [1.29, 1.82) is 0 Å². The maximum Gasteiger partial charge on any atom is 0.420 e. The molecule has 0 atom stereocenters. The van der Waals surface area contributed by atoms with Crippen molar-refractivity contribution in [3.05, 3.63) is 96.1 Å². The molecule has 192 valence electrons. The summed E-state index contributed by atoms with van der Waals surface area (Å²) >= 11 is 0. The molecule has 0 spiro atoms. The van der Waals surface area contributed by atoms with Crippen LogP contribution in [0.4, 0.5) is 13.2 Å². The highest BCUT2D eigenvalue weighted by atomic mass is 19.4. The van der Waals surface area contributed by atoms with Gasteiger partial charge in [0.1, 0.15) is 23.2 Å². The molecule has 0 radical (unpaired) electrons. The Kier molecular flexibility index (Phi) is 7.42. The van der Waals surface area contributed by atoms with Crippen LogP contribution in [-0.2, 0) is 17.5 Å². The lowest BCUT2D eigenvalue weighted by atomic mass is 9.94. The van der Waals surface area contributed by atoms with Gasteiger partial charge in [0.15, 0.2) is 5.75 Å². The van der Waals surface area contributed by atoms with Gasteiger partial charge in [-0.05, 0) is 36.6 Å². The number of alkyl halides is 3. The molecule has 0 bridgehead atoms. The summed E-state index contributed by atoms with van der Waals surface area (Å²) in [6.45, 7) is -0.172. The lowest BCUT2D eigenvalue weighted by Gasteiger charge is -2.34. The van der Waals surface area contributed by atoms with Crippen molar-refractivity contribution in [2.75, 3.05) is 7.11 Å². The minimum atomic E-state index is -4.78. The van der Waals surface area contributed by atoms with Crippen molar-refractivity contribution in [3.63, 3.8) is 0 Å². The van der Waals surface area contributed by atoms with Gasteiger partial charge >= 0.3 is 6.18 Å². The second-order valence-corrected chi connectivity index (χ2v) is 8.32. The molecule has 1 heterocycles. The standard InChI is InChI=1S/C26H23F3N4O4/c1-36-20-9-10-22(21(13-20)26(27,28)29)37-33(16-18-7-3-2-4-8-18)24(35)25(11-5-6-12-25)32-23(34)19-14-30-17-31-15-19/h2-10,13-15,17H,11-12,16H2,1H3,(H,32,34). The number of hydrogen-bond acceptors (Lipinski definition) is 6. The molecular weight excluding hydrogens is 489 g/mol. The number of carbonyl (C=O) groups excluding carboxylic acids is 2. The SMILES string of the molecule is COc1ccc(ON(Cc2ccccc2)C(=O)C2(NC(=O)c3cncnc3)CC=CC2)c(C(F)(F)F)c1. The van der Waals surface area contributed by atoms with Crippen LogP contribution in [-0.4, -0.2) is 39.5 Å². The fourth-order valence-electron chi connectivity index (χ4n) is 3.88. The van der Waals surface area contributed by atoms with Crippen molar-refractivity contribution in [1.82, 2.24) is 20.3 Å². The van der Waals surface area contributed by atoms with Gasteiger partial charge in [0.05, 0.1) is 19.2 Å². The number of carbonyl (C=O) groups is 2. The summed E-state index contributed by atoms with van der Waals surface area (Å²) in [5, 5.41) is 3.58. The molecule has 2 aromatic carbocycles. The molecule has 1 N–H and O–H groups in total. The number of ether oxygens (including phenoxy) is 1. The number of halogens is 3. The summed E-state index contributed by atoms with van der Waals surface area (Å²) in [6, 6.07) is 11.8. The molecule has 0 aliphatic heterocycles. The Bertz CT molecular complexity index is 1280.